The van der Waals surface area contributed by atoms with E-state index in [-0.39, 0.29) is 19.0 Å². The number of morpholine rings is 1. The van der Waals surface area contributed by atoms with Gasteiger partial charge in [-0.3, -0.25) is 24.5 Å². The van der Waals surface area contributed by atoms with Gasteiger partial charge < -0.3 is 20.3 Å². The Bertz CT molecular complexity index is 1190. The van der Waals surface area contributed by atoms with Crippen LogP contribution in [-0.2, 0) is 20.9 Å². The zero-order valence-corrected chi connectivity index (χ0v) is 22.3. The molecular formula is C29H35N5O5. The molecule has 0 unspecified atom stereocenters. The van der Waals surface area contributed by atoms with E-state index in [1.807, 2.05) is 6.08 Å². The predicted molar refractivity (Wildman–Crippen MR) is 148 cm³/mol. The van der Waals surface area contributed by atoms with E-state index in [1.54, 1.807) is 49.3 Å². The van der Waals surface area contributed by atoms with Crippen LogP contribution in [0.2, 0.25) is 0 Å². The second kappa shape index (κ2) is 15.4. The summed E-state index contributed by atoms with van der Waals surface area (Å²) in [6, 6.07) is 13.8. The van der Waals surface area contributed by atoms with Crippen molar-refractivity contribution in [2.45, 2.75) is 12.6 Å². The fourth-order valence-electron chi connectivity index (χ4n) is 3.81. The van der Waals surface area contributed by atoms with Crippen LogP contribution < -0.4 is 16.1 Å². The Balaban J connectivity index is 1.51. The van der Waals surface area contributed by atoms with Crippen molar-refractivity contribution in [3.05, 3.63) is 76.9 Å². The first-order valence-electron chi connectivity index (χ1n) is 12.7. The predicted octanol–water partition coefficient (Wildman–Crippen LogP) is 0.865. The molecule has 206 valence electrons. The lowest BCUT2D eigenvalue weighted by molar-refractivity contribution is -0.131. The third kappa shape index (κ3) is 10.3. The van der Waals surface area contributed by atoms with Gasteiger partial charge in [-0.2, -0.15) is 0 Å². The molecule has 0 aliphatic carbocycles. The van der Waals surface area contributed by atoms with Crippen molar-refractivity contribution in [3.63, 3.8) is 0 Å². The first-order valence-corrected chi connectivity index (χ1v) is 12.7. The molecule has 0 saturated carbocycles. The Hall–Kier alpha value is -4.01. The van der Waals surface area contributed by atoms with Crippen molar-refractivity contribution in [1.29, 1.82) is 0 Å². The number of nitrogens with one attached hydrogen (secondary N) is 3. The van der Waals surface area contributed by atoms with E-state index >= 15 is 0 Å². The smallest absolute Gasteiger partial charge is 0.267 e. The van der Waals surface area contributed by atoms with Crippen LogP contribution >= 0.6 is 0 Å². The average Bonchev–Trinajstić information content (AvgIpc) is 2.94. The fraction of sp³-hybridized carbons (Fsp3) is 0.345. The van der Waals surface area contributed by atoms with Gasteiger partial charge in [0.1, 0.15) is 6.04 Å². The molecule has 10 heteroatoms. The molecule has 0 radical (unpaired) electrons. The van der Waals surface area contributed by atoms with Gasteiger partial charge in [0.15, 0.2) is 0 Å². The maximum Gasteiger partial charge on any atom is 0.267 e. The van der Waals surface area contributed by atoms with Crippen LogP contribution in [-0.4, -0.2) is 92.3 Å². The number of benzene rings is 2. The summed E-state index contributed by atoms with van der Waals surface area (Å²) in [6.45, 7) is 4.37. The SMILES string of the molecule is CN(C)CC(=O)NC[C@H](NC(=O)c1ccc(C#C/C=C/c2ccc(CN3CCOCC3)cc2)cc1)C(=O)NO. The number of hydrogen-bond acceptors (Lipinski definition) is 7. The molecule has 0 aromatic heterocycles. The number of nitrogens with zero attached hydrogens (tertiary/aromatic N) is 2. The standard InChI is InChI=1S/C29H35N5O5/c1-33(2)21-27(35)30-19-26(29(37)32-38)31-28(36)25-13-11-23(12-14-25)6-4-3-5-22-7-9-24(10-8-22)20-34-15-17-39-18-16-34/h3,5,7-14,26,38H,15-21H2,1-2H3,(H,30,35)(H,31,36)(H,32,37)/b5-3+/t26-/m0/s1. The van der Waals surface area contributed by atoms with Gasteiger partial charge in [0.05, 0.1) is 19.8 Å². The largest absolute Gasteiger partial charge is 0.379 e. The number of allylic oxidation sites excluding steroid dienone is 1. The summed E-state index contributed by atoms with van der Waals surface area (Å²) in [4.78, 5) is 40.5. The molecule has 2 aromatic rings. The summed E-state index contributed by atoms with van der Waals surface area (Å²) in [5.41, 5.74) is 4.86. The van der Waals surface area contributed by atoms with Crippen LogP contribution in [0, 0.1) is 11.8 Å². The average molecular weight is 534 g/mol. The van der Waals surface area contributed by atoms with E-state index in [1.165, 1.54) is 11.0 Å². The maximum absolute atomic E-state index is 12.6. The number of rotatable bonds is 10. The van der Waals surface area contributed by atoms with Gasteiger partial charge in [-0.1, -0.05) is 36.1 Å². The summed E-state index contributed by atoms with van der Waals surface area (Å²) in [6.07, 6.45) is 3.72. The third-order valence-electron chi connectivity index (χ3n) is 5.91. The lowest BCUT2D eigenvalue weighted by Crippen LogP contribution is -2.52. The molecule has 1 saturated heterocycles. The van der Waals surface area contributed by atoms with Crippen LogP contribution in [0.3, 0.4) is 0 Å². The normalized spacial score (nSPS) is 14.4. The van der Waals surface area contributed by atoms with Crippen LogP contribution in [0.4, 0.5) is 0 Å². The number of ether oxygens (including phenoxy) is 1. The van der Waals surface area contributed by atoms with Crippen LogP contribution in [0.15, 0.2) is 54.6 Å². The highest BCUT2D eigenvalue weighted by Crippen LogP contribution is 2.10. The van der Waals surface area contributed by atoms with Crippen LogP contribution in [0.1, 0.15) is 27.0 Å². The van der Waals surface area contributed by atoms with E-state index in [4.69, 9.17) is 9.94 Å². The molecule has 1 heterocycles. The summed E-state index contributed by atoms with van der Waals surface area (Å²) in [7, 11) is 3.46. The van der Waals surface area contributed by atoms with Gasteiger partial charge in [-0.15, -0.1) is 0 Å². The molecule has 1 fully saturated rings. The molecule has 3 rings (SSSR count). The lowest BCUT2D eigenvalue weighted by atomic mass is 10.1. The summed E-state index contributed by atoms with van der Waals surface area (Å²) < 4.78 is 5.39. The van der Waals surface area contributed by atoms with E-state index in [0.717, 1.165) is 44.0 Å². The second-order valence-corrected chi connectivity index (χ2v) is 9.35. The van der Waals surface area contributed by atoms with Crippen molar-refractivity contribution in [2.75, 3.05) is 53.5 Å². The number of hydroxylamine groups is 1. The number of likely N-dealkylation sites (N-methyl/N-ethyl adjacent to an activating group) is 1. The minimum absolute atomic E-state index is 0.126. The number of carbonyl (C=O) groups is 3. The van der Waals surface area contributed by atoms with Crippen molar-refractivity contribution in [3.8, 4) is 11.8 Å². The molecule has 0 bridgehead atoms. The Morgan fingerprint density at radius 3 is 2.41 bits per heavy atom. The fourth-order valence-corrected chi connectivity index (χ4v) is 3.81. The molecular weight excluding hydrogens is 498 g/mol. The van der Waals surface area contributed by atoms with Gasteiger partial charge in [-0.25, -0.2) is 5.48 Å². The Morgan fingerprint density at radius 2 is 1.77 bits per heavy atom. The van der Waals surface area contributed by atoms with Crippen LogP contribution in [0.25, 0.3) is 6.08 Å². The van der Waals surface area contributed by atoms with E-state index < -0.39 is 17.9 Å². The minimum Gasteiger partial charge on any atom is -0.379 e. The monoisotopic (exact) mass is 533 g/mol. The molecule has 1 aliphatic heterocycles. The highest BCUT2D eigenvalue weighted by atomic mass is 16.5. The van der Waals surface area contributed by atoms with E-state index in [2.05, 4.69) is 51.6 Å². The number of carbonyl (C=O) groups excluding carboxylic acids is 3. The zero-order chi connectivity index (χ0) is 28.0. The molecule has 10 nitrogen and oxygen atoms in total. The summed E-state index contributed by atoms with van der Waals surface area (Å²) >= 11 is 0. The van der Waals surface area contributed by atoms with Gasteiger partial charge in [0.25, 0.3) is 11.8 Å². The molecule has 1 aliphatic rings. The highest BCUT2D eigenvalue weighted by Gasteiger charge is 2.22. The molecule has 4 N–H and O–H groups in total. The number of amides is 3. The Labute approximate surface area is 229 Å². The molecule has 0 spiro atoms. The van der Waals surface area contributed by atoms with Gasteiger partial charge in [0.2, 0.25) is 5.91 Å². The Morgan fingerprint density at radius 1 is 1.08 bits per heavy atom. The van der Waals surface area contributed by atoms with Crippen LogP contribution in [0.5, 0.6) is 0 Å². The molecule has 3 amide bonds. The molecule has 1 atom stereocenters. The van der Waals surface area contributed by atoms with E-state index in [0.29, 0.717) is 5.56 Å². The van der Waals surface area contributed by atoms with Crippen molar-refractivity contribution >= 4 is 23.8 Å². The third-order valence-corrected chi connectivity index (χ3v) is 5.91. The van der Waals surface area contributed by atoms with Gasteiger partial charge >= 0.3 is 0 Å². The maximum atomic E-state index is 12.6. The highest BCUT2D eigenvalue weighted by molar-refractivity contribution is 5.97. The number of hydrogen-bond donors (Lipinski definition) is 4. The topological polar surface area (TPSA) is 123 Å². The van der Waals surface area contributed by atoms with Gasteiger partial charge in [0, 0.05) is 37.3 Å². The molecule has 39 heavy (non-hydrogen) atoms. The second-order valence-electron chi connectivity index (χ2n) is 9.35. The zero-order valence-electron chi connectivity index (χ0n) is 22.3. The summed E-state index contributed by atoms with van der Waals surface area (Å²) in [5, 5.41) is 14.1. The minimum atomic E-state index is -1.15. The van der Waals surface area contributed by atoms with Crippen molar-refractivity contribution in [1.82, 2.24) is 25.9 Å². The Kier molecular flexibility index (Phi) is 11.7. The lowest BCUT2D eigenvalue weighted by Gasteiger charge is -2.26. The summed E-state index contributed by atoms with van der Waals surface area (Å²) in [5.74, 6) is 4.34. The van der Waals surface area contributed by atoms with Gasteiger partial charge in [-0.05, 0) is 61.6 Å². The first kappa shape index (κ1) is 29.5. The van der Waals surface area contributed by atoms with E-state index in [9.17, 15) is 14.4 Å². The van der Waals surface area contributed by atoms with Crippen molar-refractivity contribution in [2.24, 2.45) is 0 Å². The van der Waals surface area contributed by atoms with Crippen molar-refractivity contribution < 1.29 is 24.3 Å². The molecule has 2 aromatic carbocycles. The quantitative estimate of drug-likeness (QED) is 0.203. The first-order chi connectivity index (χ1) is 18.8.